The van der Waals surface area contributed by atoms with Crippen LogP contribution in [0.4, 0.5) is 11.6 Å². The Labute approximate surface area is 154 Å². The van der Waals surface area contributed by atoms with Crippen molar-refractivity contribution >= 4 is 33.2 Å². The van der Waals surface area contributed by atoms with Gasteiger partial charge in [0.25, 0.3) is 0 Å². The molecule has 3 aromatic heterocycles. The van der Waals surface area contributed by atoms with Gasteiger partial charge in [-0.3, -0.25) is 4.40 Å². The first-order chi connectivity index (χ1) is 12.3. The molecule has 8 heteroatoms. The topological polar surface area (TPSA) is 62.5 Å². The Bertz CT molecular complexity index is 878. The zero-order chi connectivity index (χ0) is 17.2. The number of aryl methyl sites for hydroxylation is 1. The zero-order valence-corrected chi connectivity index (χ0v) is 15.7. The molecule has 0 amide bonds. The second-order valence-corrected chi connectivity index (χ2v) is 6.91. The molecule has 0 saturated carbocycles. The van der Waals surface area contributed by atoms with Crippen molar-refractivity contribution in [3.8, 4) is 0 Å². The Balaban J connectivity index is 1.59. The van der Waals surface area contributed by atoms with Crippen molar-refractivity contribution in [2.75, 3.05) is 36.0 Å². The summed E-state index contributed by atoms with van der Waals surface area (Å²) in [5.41, 5.74) is 0.840. The van der Waals surface area contributed by atoms with E-state index in [0.29, 0.717) is 0 Å². The summed E-state index contributed by atoms with van der Waals surface area (Å²) in [5.74, 6) is 2.88. The van der Waals surface area contributed by atoms with Crippen LogP contribution in [0.5, 0.6) is 0 Å². The van der Waals surface area contributed by atoms with Gasteiger partial charge < -0.3 is 9.80 Å². The number of rotatable bonds is 3. The molecular formula is C17H20BrN7. The van der Waals surface area contributed by atoms with E-state index >= 15 is 0 Å². The zero-order valence-electron chi connectivity index (χ0n) is 14.1. The van der Waals surface area contributed by atoms with E-state index < -0.39 is 0 Å². The monoisotopic (exact) mass is 401 g/mol. The first-order valence-electron chi connectivity index (χ1n) is 8.57. The third kappa shape index (κ3) is 3.06. The lowest BCUT2D eigenvalue weighted by Gasteiger charge is -2.24. The second-order valence-electron chi connectivity index (χ2n) is 6.05. The molecule has 0 N–H and O–H groups in total. The lowest BCUT2D eigenvalue weighted by atomic mass is 10.3. The van der Waals surface area contributed by atoms with E-state index in [9.17, 15) is 0 Å². The first-order valence-corrected chi connectivity index (χ1v) is 9.36. The van der Waals surface area contributed by atoms with Gasteiger partial charge in [-0.15, -0.1) is 10.2 Å². The quantitative estimate of drug-likeness (QED) is 0.671. The van der Waals surface area contributed by atoms with E-state index in [1.807, 2.05) is 35.1 Å². The number of anilines is 2. The highest BCUT2D eigenvalue weighted by molar-refractivity contribution is 9.10. The molecule has 0 unspecified atom stereocenters. The number of nitrogens with zero attached hydrogens (tertiary/aromatic N) is 7. The van der Waals surface area contributed by atoms with Crippen molar-refractivity contribution in [3.05, 3.63) is 41.0 Å². The van der Waals surface area contributed by atoms with Crippen LogP contribution in [0, 0.1) is 0 Å². The molecule has 1 saturated heterocycles. The third-order valence-electron chi connectivity index (χ3n) is 4.53. The summed E-state index contributed by atoms with van der Waals surface area (Å²) in [7, 11) is 0. The Kier molecular flexibility index (Phi) is 4.52. The Morgan fingerprint density at radius 3 is 2.52 bits per heavy atom. The van der Waals surface area contributed by atoms with Crippen molar-refractivity contribution < 1.29 is 0 Å². The summed E-state index contributed by atoms with van der Waals surface area (Å²) in [4.78, 5) is 13.7. The van der Waals surface area contributed by atoms with Crippen molar-refractivity contribution in [2.24, 2.45) is 0 Å². The van der Waals surface area contributed by atoms with E-state index in [1.165, 1.54) is 0 Å². The number of hydrogen-bond acceptors (Lipinski definition) is 6. The first kappa shape index (κ1) is 16.3. The van der Waals surface area contributed by atoms with Gasteiger partial charge >= 0.3 is 0 Å². The van der Waals surface area contributed by atoms with Crippen molar-refractivity contribution in [1.29, 1.82) is 0 Å². The normalized spacial score (nSPS) is 15.6. The van der Waals surface area contributed by atoms with Crippen molar-refractivity contribution in [1.82, 2.24) is 24.6 Å². The van der Waals surface area contributed by atoms with E-state index in [-0.39, 0.29) is 0 Å². The Hall–Kier alpha value is -2.22. The van der Waals surface area contributed by atoms with Gasteiger partial charge in [-0.2, -0.15) is 0 Å². The smallest absolute Gasteiger partial charge is 0.203 e. The van der Waals surface area contributed by atoms with Gasteiger partial charge in [0.15, 0.2) is 5.82 Å². The molecule has 1 aliphatic rings. The molecule has 4 rings (SSSR count). The van der Waals surface area contributed by atoms with Crippen LogP contribution < -0.4 is 9.80 Å². The number of aromatic nitrogens is 5. The average molecular weight is 402 g/mol. The van der Waals surface area contributed by atoms with E-state index in [2.05, 4.69) is 52.8 Å². The number of hydrogen-bond donors (Lipinski definition) is 0. The van der Waals surface area contributed by atoms with Gasteiger partial charge in [-0.1, -0.05) is 6.92 Å². The fourth-order valence-corrected chi connectivity index (χ4v) is 3.78. The number of fused-ring (bicyclic) bond motifs is 1. The van der Waals surface area contributed by atoms with Gasteiger partial charge in [0.1, 0.15) is 11.6 Å². The van der Waals surface area contributed by atoms with Crippen LogP contribution in [0.1, 0.15) is 19.2 Å². The molecule has 0 radical (unpaired) electrons. The lowest BCUT2D eigenvalue weighted by molar-refractivity contribution is 0.792. The standard InChI is InChI=1S/C17H20BrN7/c1-2-14-21-22-17-16(20-7-10-25(14)17)24-9-4-8-23(11-12-24)15-13(18)5-3-6-19-15/h3,5-7,10H,2,4,8-9,11-12H2,1H3. The predicted molar refractivity (Wildman–Crippen MR) is 101 cm³/mol. The highest BCUT2D eigenvalue weighted by Gasteiger charge is 2.21. The number of halogens is 1. The van der Waals surface area contributed by atoms with Crippen LogP contribution in [0.2, 0.25) is 0 Å². The maximum Gasteiger partial charge on any atom is 0.203 e. The maximum atomic E-state index is 4.59. The lowest BCUT2D eigenvalue weighted by Crippen LogP contribution is -2.32. The summed E-state index contributed by atoms with van der Waals surface area (Å²) in [6.07, 6.45) is 7.51. The molecule has 130 valence electrons. The van der Waals surface area contributed by atoms with Crippen LogP contribution >= 0.6 is 15.9 Å². The van der Waals surface area contributed by atoms with Crippen LogP contribution in [0.3, 0.4) is 0 Å². The van der Waals surface area contributed by atoms with Gasteiger partial charge in [0.05, 0.1) is 4.47 Å². The minimum atomic E-state index is 0.840. The minimum absolute atomic E-state index is 0.840. The Morgan fingerprint density at radius 1 is 1.00 bits per heavy atom. The Morgan fingerprint density at radius 2 is 1.76 bits per heavy atom. The largest absolute Gasteiger partial charge is 0.354 e. The van der Waals surface area contributed by atoms with Gasteiger partial charge in [-0.05, 0) is 34.5 Å². The van der Waals surface area contributed by atoms with Gasteiger partial charge in [0.2, 0.25) is 5.65 Å². The molecule has 7 nitrogen and oxygen atoms in total. The van der Waals surface area contributed by atoms with Gasteiger partial charge in [-0.25, -0.2) is 9.97 Å². The van der Waals surface area contributed by atoms with Crippen LogP contribution in [0.25, 0.3) is 5.65 Å². The SMILES string of the molecule is CCc1nnc2c(N3CCCN(c4ncccc4Br)CC3)nccn12. The molecule has 0 bridgehead atoms. The maximum absolute atomic E-state index is 4.59. The molecule has 0 aliphatic carbocycles. The molecular weight excluding hydrogens is 382 g/mol. The molecule has 0 spiro atoms. The minimum Gasteiger partial charge on any atom is -0.354 e. The fraction of sp³-hybridized carbons (Fsp3) is 0.412. The highest BCUT2D eigenvalue weighted by atomic mass is 79.9. The van der Waals surface area contributed by atoms with Gasteiger partial charge in [0, 0.05) is 51.2 Å². The molecule has 25 heavy (non-hydrogen) atoms. The van der Waals surface area contributed by atoms with E-state index in [4.69, 9.17) is 0 Å². The third-order valence-corrected chi connectivity index (χ3v) is 5.15. The fourth-order valence-electron chi connectivity index (χ4n) is 3.28. The summed E-state index contributed by atoms with van der Waals surface area (Å²) in [5, 5.41) is 8.65. The molecule has 0 aromatic carbocycles. The van der Waals surface area contributed by atoms with Crippen LogP contribution in [-0.2, 0) is 6.42 Å². The number of pyridine rings is 1. The predicted octanol–water partition coefficient (Wildman–Crippen LogP) is 2.56. The van der Waals surface area contributed by atoms with Crippen molar-refractivity contribution in [2.45, 2.75) is 19.8 Å². The van der Waals surface area contributed by atoms with Crippen LogP contribution in [-0.4, -0.2) is 50.7 Å². The summed E-state index contributed by atoms with van der Waals surface area (Å²) < 4.78 is 3.08. The molecule has 3 aromatic rings. The summed E-state index contributed by atoms with van der Waals surface area (Å²) in [6.45, 7) is 5.78. The van der Waals surface area contributed by atoms with Crippen molar-refractivity contribution in [3.63, 3.8) is 0 Å². The molecule has 1 fully saturated rings. The average Bonchev–Trinajstić information content (AvgIpc) is 2.91. The molecule has 4 heterocycles. The second kappa shape index (κ2) is 6.95. The van der Waals surface area contributed by atoms with E-state index in [1.54, 1.807) is 0 Å². The summed E-state index contributed by atoms with van der Waals surface area (Å²) >= 11 is 3.61. The molecule has 0 atom stereocenters. The van der Waals surface area contributed by atoms with E-state index in [0.717, 1.165) is 66.6 Å². The molecule has 1 aliphatic heterocycles. The highest BCUT2D eigenvalue weighted by Crippen LogP contribution is 2.25. The summed E-state index contributed by atoms with van der Waals surface area (Å²) in [6, 6.07) is 3.98. The van der Waals surface area contributed by atoms with Crippen LogP contribution in [0.15, 0.2) is 35.2 Å².